The summed E-state index contributed by atoms with van der Waals surface area (Å²) in [6.07, 6.45) is 1.87. The number of aromatic amines is 1. The van der Waals surface area contributed by atoms with Crippen LogP contribution in [0.4, 0.5) is 0 Å². The van der Waals surface area contributed by atoms with Gasteiger partial charge in [-0.15, -0.1) is 0 Å². The summed E-state index contributed by atoms with van der Waals surface area (Å²) in [7, 11) is 0. The second kappa shape index (κ2) is 4.00. The topological polar surface area (TPSA) is 42.1 Å². The first-order valence-electron chi connectivity index (χ1n) is 4.68. The molecular weight excluding hydrogens is 190 g/mol. The molecule has 0 bridgehead atoms. The van der Waals surface area contributed by atoms with E-state index >= 15 is 0 Å². The van der Waals surface area contributed by atoms with Crippen LogP contribution in [0, 0.1) is 0 Å². The SMILES string of the molecule is CC(=O)Oc1ccc(-c2ccc[nH]2)cc1. The van der Waals surface area contributed by atoms with E-state index in [-0.39, 0.29) is 5.97 Å². The normalized spacial score (nSPS) is 9.93. The monoisotopic (exact) mass is 201 g/mol. The molecule has 1 aromatic carbocycles. The number of carbonyl (C=O) groups is 1. The molecule has 0 saturated heterocycles. The predicted octanol–water partition coefficient (Wildman–Crippen LogP) is 2.61. The number of ether oxygens (including phenoxy) is 1. The molecule has 0 aliphatic rings. The first kappa shape index (κ1) is 9.52. The Bertz CT molecular complexity index is 443. The maximum absolute atomic E-state index is 10.7. The average Bonchev–Trinajstić information content (AvgIpc) is 2.71. The first-order chi connectivity index (χ1) is 7.25. The highest BCUT2D eigenvalue weighted by Crippen LogP contribution is 2.20. The number of aromatic nitrogens is 1. The Balaban J connectivity index is 2.21. The zero-order valence-electron chi connectivity index (χ0n) is 8.36. The fourth-order valence-electron chi connectivity index (χ4n) is 1.38. The quantitative estimate of drug-likeness (QED) is 0.599. The van der Waals surface area contributed by atoms with Crippen molar-refractivity contribution in [3.05, 3.63) is 42.6 Å². The van der Waals surface area contributed by atoms with Gasteiger partial charge in [-0.25, -0.2) is 0 Å². The first-order valence-corrected chi connectivity index (χ1v) is 4.68. The Kier molecular flexibility index (Phi) is 2.54. The summed E-state index contributed by atoms with van der Waals surface area (Å²) >= 11 is 0. The Morgan fingerprint density at radius 1 is 1.20 bits per heavy atom. The van der Waals surface area contributed by atoms with Crippen LogP contribution in [-0.4, -0.2) is 11.0 Å². The lowest BCUT2D eigenvalue weighted by Crippen LogP contribution is -2.00. The van der Waals surface area contributed by atoms with Gasteiger partial charge < -0.3 is 9.72 Å². The van der Waals surface area contributed by atoms with Gasteiger partial charge >= 0.3 is 5.97 Å². The highest BCUT2D eigenvalue weighted by atomic mass is 16.5. The second-order valence-corrected chi connectivity index (χ2v) is 3.20. The number of rotatable bonds is 2. The van der Waals surface area contributed by atoms with Gasteiger partial charge in [-0.05, 0) is 42.0 Å². The summed E-state index contributed by atoms with van der Waals surface area (Å²) in [5.41, 5.74) is 2.11. The van der Waals surface area contributed by atoms with Crippen molar-refractivity contribution < 1.29 is 9.53 Å². The van der Waals surface area contributed by atoms with Crippen molar-refractivity contribution in [3.63, 3.8) is 0 Å². The molecule has 76 valence electrons. The minimum atomic E-state index is -0.303. The standard InChI is InChI=1S/C12H11NO2/c1-9(14)15-11-6-4-10(5-7-11)12-3-2-8-13-12/h2-8,13H,1H3. The number of benzene rings is 1. The summed E-state index contributed by atoms with van der Waals surface area (Å²) in [6, 6.07) is 11.3. The molecule has 0 fully saturated rings. The molecule has 1 aromatic heterocycles. The molecule has 3 heteroatoms. The van der Waals surface area contributed by atoms with Crippen LogP contribution >= 0.6 is 0 Å². The number of hydrogen-bond donors (Lipinski definition) is 1. The molecule has 2 aromatic rings. The molecule has 0 spiro atoms. The molecule has 2 rings (SSSR count). The Hall–Kier alpha value is -2.03. The van der Waals surface area contributed by atoms with Gasteiger partial charge in [0.2, 0.25) is 0 Å². The third-order valence-electron chi connectivity index (χ3n) is 2.02. The molecule has 0 atom stereocenters. The molecule has 0 saturated carbocycles. The molecule has 0 unspecified atom stereocenters. The second-order valence-electron chi connectivity index (χ2n) is 3.20. The summed E-state index contributed by atoms with van der Waals surface area (Å²) < 4.78 is 4.94. The molecule has 0 amide bonds. The molecule has 0 aliphatic carbocycles. The van der Waals surface area contributed by atoms with Gasteiger partial charge in [0.25, 0.3) is 0 Å². The maximum atomic E-state index is 10.7. The number of esters is 1. The van der Waals surface area contributed by atoms with Gasteiger partial charge in [0.1, 0.15) is 5.75 Å². The van der Waals surface area contributed by atoms with E-state index in [0.29, 0.717) is 5.75 Å². The highest BCUT2D eigenvalue weighted by molar-refractivity contribution is 5.70. The van der Waals surface area contributed by atoms with Crippen molar-refractivity contribution >= 4 is 5.97 Å². The van der Waals surface area contributed by atoms with Crippen LogP contribution in [0.15, 0.2) is 42.6 Å². The molecule has 0 radical (unpaired) electrons. The Labute approximate surface area is 87.7 Å². The molecular formula is C12H11NO2. The van der Waals surface area contributed by atoms with Gasteiger partial charge in [0.15, 0.2) is 0 Å². The van der Waals surface area contributed by atoms with Gasteiger partial charge in [0.05, 0.1) is 0 Å². The Morgan fingerprint density at radius 2 is 1.93 bits per heavy atom. The summed E-state index contributed by atoms with van der Waals surface area (Å²) in [6.45, 7) is 1.39. The van der Waals surface area contributed by atoms with Crippen LogP contribution in [0.1, 0.15) is 6.92 Å². The molecule has 1 N–H and O–H groups in total. The van der Waals surface area contributed by atoms with Gasteiger partial charge in [0, 0.05) is 18.8 Å². The summed E-state index contributed by atoms with van der Waals surface area (Å²) in [4.78, 5) is 13.8. The average molecular weight is 201 g/mol. The Morgan fingerprint density at radius 3 is 2.47 bits per heavy atom. The fraction of sp³-hybridized carbons (Fsp3) is 0.0833. The van der Waals surface area contributed by atoms with Crippen LogP contribution in [-0.2, 0) is 4.79 Å². The molecule has 3 nitrogen and oxygen atoms in total. The van der Waals surface area contributed by atoms with Crippen LogP contribution < -0.4 is 4.74 Å². The van der Waals surface area contributed by atoms with Crippen LogP contribution in [0.3, 0.4) is 0 Å². The van der Waals surface area contributed by atoms with E-state index in [1.54, 1.807) is 12.1 Å². The van der Waals surface area contributed by atoms with Crippen molar-refractivity contribution in [2.45, 2.75) is 6.92 Å². The summed E-state index contributed by atoms with van der Waals surface area (Å²) in [5.74, 6) is 0.264. The van der Waals surface area contributed by atoms with Gasteiger partial charge in [-0.1, -0.05) is 0 Å². The van der Waals surface area contributed by atoms with Crippen LogP contribution in [0.2, 0.25) is 0 Å². The van der Waals surface area contributed by atoms with Crippen molar-refractivity contribution in [1.29, 1.82) is 0 Å². The number of H-pyrrole nitrogens is 1. The van der Waals surface area contributed by atoms with Crippen molar-refractivity contribution in [1.82, 2.24) is 4.98 Å². The summed E-state index contributed by atoms with van der Waals surface area (Å²) in [5, 5.41) is 0. The smallest absolute Gasteiger partial charge is 0.308 e. The fourth-order valence-corrected chi connectivity index (χ4v) is 1.38. The van der Waals surface area contributed by atoms with Gasteiger partial charge in [-0.3, -0.25) is 4.79 Å². The third kappa shape index (κ3) is 2.26. The van der Waals surface area contributed by atoms with E-state index in [1.807, 2.05) is 30.5 Å². The van der Waals surface area contributed by atoms with E-state index in [1.165, 1.54) is 6.92 Å². The predicted molar refractivity (Wildman–Crippen MR) is 57.5 cm³/mol. The van der Waals surface area contributed by atoms with E-state index in [9.17, 15) is 4.79 Å². The molecule has 0 aliphatic heterocycles. The van der Waals surface area contributed by atoms with Crippen LogP contribution in [0.5, 0.6) is 5.75 Å². The largest absolute Gasteiger partial charge is 0.427 e. The minimum Gasteiger partial charge on any atom is -0.427 e. The molecule has 15 heavy (non-hydrogen) atoms. The van der Waals surface area contributed by atoms with Crippen LogP contribution in [0.25, 0.3) is 11.3 Å². The van der Waals surface area contributed by atoms with Crippen molar-refractivity contribution in [2.75, 3.05) is 0 Å². The molecule has 1 heterocycles. The third-order valence-corrected chi connectivity index (χ3v) is 2.02. The maximum Gasteiger partial charge on any atom is 0.308 e. The zero-order chi connectivity index (χ0) is 10.7. The lowest BCUT2D eigenvalue weighted by molar-refractivity contribution is -0.131. The van der Waals surface area contributed by atoms with E-state index < -0.39 is 0 Å². The number of nitrogens with one attached hydrogen (secondary N) is 1. The lowest BCUT2D eigenvalue weighted by atomic mass is 10.1. The number of carbonyl (C=O) groups excluding carboxylic acids is 1. The lowest BCUT2D eigenvalue weighted by Gasteiger charge is -2.02. The van der Waals surface area contributed by atoms with Crippen molar-refractivity contribution in [2.24, 2.45) is 0 Å². The van der Waals surface area contributed by atoms with Gasteiger partial charge in [-0.2, -0.15) is 0 Å². The zero-order valence-corrected chi connectivity index (χ0v) is 8.36. The number of hydrogen-bond acceptors (Lipinski definition) is 2. The van der Waals surface area contributed by atoms with Crippen molar-refractivity contribution in [3.8, 4) is 17.0 Å². The minimum absolute atomic E-state index is 0.303. The van der Waals surface area contributed by atoms with E-state index in [2.05, 4.69) is 4.98 Å². The van der Waals surface area contributed by atoms with E-state index in [0.717, 1.165) is 11.3 Å². The van der Waals surface area contributed by atoms with E-state index in [4.69, 9.17) is 4.74 Å². The highest BCUT2D eigenvalue weighted by Gasteiger charge is 2.00.